The maximum absolute atomic E-state index is 12.8. The maximum atomic E-state index is 12.8. The van der Waals surface area contributed by atoms with Gasteiger partial charge in [-0.15, -0.1) is 5.10 Å². The highest BCUT2D eigenvalue weighted by atomic mass is 35.5. The van der Waals surface area contributed by atoms with Gasteiger partial charge < -0.3 is 9.64 Å². The van der Waals surface area contributed by atoms with E-state index in [4.69, 9.17) is 16.3 Å². The van der Waals surface area contributed by atoms with Crippen LogP contribution >= 0.6 is 11.6 Å². The largest absolute Gasteiger partial charge is 0.463 e. The van der Waals surface area contributed by atoms with Crippen LogP contribution < -0.4 is 5.01 Å². The standard InChI is InChI=1S/C24H21ClN4O4/c1-16(17-6-4-3-5-7-17)27-22(24(30)33-2)26-28(20-14-10-19(25)11-15-20)23(27)18-8-12-21(13-9-18)29(31)32/h3-16,23H,1-2H3/t16-,23-/m0/s1. The van der Waals surface area contributed by atoms with Crippen LogP contribution in [0.3, 0.4) is 0 Å². The van der Waals surface area contributed by atoms with Crippen LogP contribution in [0.4, 0.5) is 11.4 Å². The number of hydrogen-bond donors (Lipinski definition) is 0. The Morgan fingerprint density at radius 3 is 2.27 bits per heavy atom. The van der Waals surface area contributed by atoms with E-state index in [1.807, 2.05) is 42.2 Å². The average Bonchev–Trinajstić information content (AvgIpc) is 3.24. The summed E-state index contributed by atoms with van der Waals surface area (Å²) >= 11 is 6.08. The molecule has 0 aromatic heterocycles. The lowest BCUT2D eigenvalue weighted by molar-refractivity contribution is -0.384. The number of hydrazone groups is 1. The average molecular weight is 465 g/mol. The zero-order valence-electron chi connectivity index (χ0n) is 18.0. The second-order valence-corrected chi connectivity index (χ2v) is 7.89. The first kappa shape index (κ1) is 22.3. The van der Waals surface area contributed by atoms with Gasteiger partial charge in [0.05, 0.1) is 23.8 Å². The molecule has 0 aliphatic carbocycles. The Balaban J connectivity index is 1.87. The minimum Gasteiger partial charge on any atom is -0.463 e. The number of nitrogens with zero attached hydrogens (tertiary/aromatic N) is 4. The van der Waals surface area contributed by atoms with E-state index in [2.05, 4.69) is 5.10 Å². The van der Waals surface area contributed by atoms with Crippen LogP contribution in [0.25, 0.3) is 0 Å². The first-order chi connectivity index (χ1) is 15.9. The van der Waals surface area contributed by atoms with Crippen LogP contribution in [0.5, 0.6) is 0 Å². The van der Waals surface area contributed by atoms with Gasteiger partial charge in [-0.1, -0.05) is 41.9 Å². The van der Waals surface area contributed by atoms with Crippen LogP contribution in [-0.2, 0) is 9.53 Å². The fraction of sp³-hybridized carbons (Fsp3) is 0.167. The molecule has 4 rings (SSSR count). The van der Waals surface area contributed by atoms with Gasteiger partial charge in [0.2, 0.25) is 5.84 Å². The molecular formula is C24H21ClN4O4. The van der Waals surface area contributed by atoms with Crippen molar-refractivity contribution < 1.29 is 14.5 Å². The number of methoxy groups -OCH3 is 1. The van der Waals surface area contributed by atoms with Gasteiger partial charge in [-0.05, 0) is 54.4 Å². The Morgan fingerprint density at radius 2 is 1.70 bits per heavy atom. The number of halogens is 1. The van der Waals surface area contributed by atoms with Crippen molar-refractivity contribution >= 4 is 34.8 Å². The summed E-state index contributed by atoms with van der Waals surface area (Å²) < 4.78 is 5.04. The molecule has 0 spiro atoms. The van der Waals surface area contributed by atoms with Crippen LogP contribution in [0.15, 0.2) is 84.0 Å². The third-order valence-electron chi connectivity index (χ3n) is 5.50. The summed E-state index contributed by atoms with van der Waals surface area (Å²) in [4.78, 5) is 25.4. The van der Waals surface area contributed by atoms with Crippen molar-refractivity contribution in [3.63, 3.8) is 0 Å². The van der Waals surface area contributed by atoms with Gasteiger partial charge >= 0.3 is 5.97 Å². The van der Waals surface area contributed by atoms with Crippen LogP contribution in [0, 0.1) is 10.1 Å². The van der Waals surface area contributed by atoms with Gasteiger partial charge in [0.15, 0.2) is 6.17 Å². The van der Waals surface area contributed by atoms with Crippen molar-refractivity contribution in [2.45, 2.75) is 19.1 Å². The summed E-state index contributed by atoms with van der Waals surface area (Å²) in [6.45, 7) is 1.97. The van der Waals surface area contributed by atoms with Gasteiger partial charge in [0, 0.05) is 17.2 Å². The molecule has 0 saturated heterocycles. The maximum Gasteiger partial charge on any atom is 0.375 e. The molecule has 2 atom stereocenters. The lowest BCUT2D eigenvalue weighted by atomic mass is 10.0. The summed E-state index contributed by atoms with van der Waals surface area (Å²) in [5.74, 6) is -0.451. The van der Waals surface area contributed by atoms with Gasteiger partial charge in [-0.25, -0.2) is 9.80 Å². The van der Waals surface area contributed by atoms with E-state index in [0.717, 1.165) is 11.1 Å². The third-order valence-corrected chi connectivity index (χ3v) is 5.75. The summed E-state index contributed by atoms with van der Waals surface area (Å²) in [6.07, 6.45) is -0.559. The number of rotatable bonds is 6. The molecule has 0 fully saturated rings. The molecule has 0 unspecified atom stereocenters. The summed E-state index contributed by atoms with van der Waals surface area (Å²) in [5.41, 5.74) is 2.37. The lowest BCUT2D eigenvalue weighted by Gasteiger charge is -2.36. The van der Waals surface area contributed by atoms with Crippen LogP contribution in [-0.4, -0.2) is 28.7 Å². The Kier molecular flexibility index (Phi) is 6.28. The van der Waals surface area contributed by atoms with E-state index >= 15 is 0 Å². The second-order valence-electron chi connectivity index (χ2n) is 7.45. The predicted octanol–water partition coefficient (Wildman–Crippen LogP) is 5.32. The summed E-state index contributed by atoms with van der Waals surface area (Å²) in [7, 11) is 1.31. The molecule has 0 bridgehead atoms. The number of esters is 1. The molecule has 0 amide bonds. The van der Waals surface area contributed by atoms with E-state index in [1.54, 1.807) is 41.4 Å². The van der Waals surface area contributed by atoms with Crippen molar-refractivity contribution in [1.82, 2.24) is 4.90 Å². The molecule has 3 aromatic carbocycles. The van der Waals surface area contributed by atoms with E-state index in [9.17, 15) is 14.9 Å². The quantitative estimate of drug-likeness (QED) is 0.279. The van der Waals surface area contributed by atoms with Crippen molar-refractivity contribution in [3.05, 3.63) is 105 Å². The van der Waals surface area contributed by atoms with Crippen LogP contribution in [0.2, 0.25) is 5.02 Å². The van der Waals surface area contributed by atoms with Crippen molar-refractivity contribution in [3.8, 4) is 0 Å². The molecule has 0 N–H and O–H groups in total. The third kappa shape index (κ3) is 4.38. The van der Waals surface area contributed by atoms with Gasteiger partial charge in [0.25, 0.3) is 5.69 Å². The zero-order valence-corrected chi connectivity index (χ0v) is 18.7. The molecular weight excluding hydrogens is 444 g/mol. The number of non-ortho nitro benzene ring substituents is 1. The van der Waals surface area contributed by atoms with Gasteiger partial charge in [-0.3, -0.25) is 10.1 Å². The molecule has 1 heterocycles. The zero-order chi connectivity index (χ0) is 23.5. The number of benzene rings is 3. The van der Waals surface area contributed by atoms with E-state index in [0.29, 0.717) is 10.7 Å². The van der Waals surface area contributed by atoms with E-state index in [-0.39, 0.29) is 17.6 Å². The number of carbonyl (C=O) groups excluding carboxylic acids is 1. The number of amidine groups is 1. The summed E-state index contributed by atoms with van der Waals surface area (Å²) in [6, 6.07) is 22.8. The van der Waals surface area contributed by atoms with Gasteiger partial charge in [0.1, 0.15) is 0 Å². The molecule has 1 aliphatic heterocycles. The molecule has 9 heteroatoms. The highest BCUT2D eigenvalue weighted by Crippen LogP contribution is 2.41. The molecule has 0 radical (unpaired) electrons. The number of ether oxygens (including phenoxy) is 1. The first-order valence-electron chi connectivity index (χ1n) is 10.2. The highest BCUT2D eigenvalue weighted by molar-refractivity contribution is 6.36. The SMILES string of the molecule is COC(=O)C1=NN(c2ccc(Cl)cc2)[C@@H](c2ccc([N+](=O)[O-])cc2)N1[C@@H](C)c1ccccc1. The lowest BCUT2D eigenvalue weighted by Crippen LogP contribution is -2.40. The minimum absolute atomic E-state index is 0.0217. The Labute approximate surface area is 195 Å². The monoisotopic (exact) mass is 464 g/mol. The Hall–Kier alpha value is -3.91. The molecule has 0 saturated carbocycles. The minimum atomic E-state index is -0.582. The summed E-state index contributed by atoms with van der Waals surface area (Å²) in [5, 5.41) is 18.1. The predicted molar refractivity (Wildman–Crippen MR) is 126 cm³/mol. The Morgan fingerprint density at radius 1 is 1.06 bits per heavy atom. The molecule has 8 nitrogen and oxygen atoms in total. The normalized spacial score (nSPS) is 16.3. The topological polar surface area (TPSA) is 88.3 Å². The molecule has 168 valence electrons. The number of carbonyl (C=O) groups is 1. The van der Waals surface area contributed by atoms with Crippen molar-refractivity contribution in [2.24, 2.45) is 5.10 Å². The van der Waals surface area contributed by atoms with E-state index < -0.39 is 17.1 Å². The van der Waals surface area contributed by atoms with Crippen molar-refractivity contribution in [1.29, 1.82) is 0 Å². The Bertz CT molecular complexity index is 1180. The molecule has 33 heavy (non-hydrogen) atoms. The fourth-order valence-electron chi connectivity index (χ4n) is 3.83. The number of anilines is 1. The molecule has 1 aliphatic rings. The smallest absolute Gasteiger partial charge is 0.375 e. The number of nitro benzene ring substituents is 1. The highest BCUT2D eigenvalue weighted by Gasteiger charge is 2.42. The van der Waals surface area contributed by atoms with Crippen molar-refractivity contribution in [2.75, 3.05) is 12.1 Å². The first-order valence-corrected chi connectivity index (χ1v) is 10.6. The molecule has 3 aromatic rings. The van der Waals surface area contributed by atoms with Gasteiger partial charge in [-0.2, -0.15) is 0 Å². The fourth-order valence-corrected chi connectivity index (χ4v) is 3.96. The number of nitro groups is 1. The van der Waals surface area contributed by atoms with Crippen LogP contribution in [0.1, 0.15) is 30.3 Å². The number of hydrogen-bond acceptors (Lipinski definition) is 7. The second kappa shape index (κ2) is 9.30. The van der Waals surface area contributed by atoms with E-state index in [1.165, 1.54) is 19.2 Å².